The second-order valence-electron chi connectivity index (χ2n) is 8.71. The van der Waals surface area contributed by atoms with Crippen LogP contribution in [-0.2, 0) is 10.9 Å². The van der Waals surface area contributed by atoms with E-state index in [0.717, 1.165) is 17.7 Å². The van der Waals surface area contributed by atoms with Gasteiger partial charge in [0.15, 0.2) is 0 Å². The van der Waals surface area contributed by atoms with Crippen molar-refractivity contribution in [2.75, 3.05) is 39.4 Å². The van der Waals surface area contributed by atoms with Gasteiger partial charge >= 0.3 is 12.2 Å². The highest BCUT2D eigenvalue weighted by Crippen LogP contribution is 2.37. The average Bonchev–Trinajstić information content (AvgIpc) is 3.39. The maximum atomic E-state index is 13.3. The maximum Gasteiger partial charge on any atom is 0.416 e. The molecule has 2 aliphatic rings. The number of aromatic nitrogens is 3. The molecule has 2 aromatic heterocycles. The maximum absolute atomic E-state index is 13.3. The number of amides is 2. The van der Waals surface area contributed by atoms with Crippen LogP contribution in [0.4, 0.5) is 18.0 Å². The Labute approximate surface area is 199 Å². The van der Waals surface area contributed by atoms with Crippen LogP contribution in [0.3, 0.4) is 0 Å². The second-order valence-corrected chi connectivity index (χ2v) is 8.71. The Morgan fingerprint density at radius 3 is 2.40 bits per heavy atom. The number of benzene rings is 1. The molecule has 0 saturated carbocycles. The molecule has 2 amide bonds. The molecule has 2 atom stereocenters. The quantitative estimate of drug-likeness (QED) is 0.551. The molecule has 0 aliphatic carbocycles. The third-order valence-electron chi connectivity index (χ3n) is 6.40. The molecular formula is C24H24F3N5O3. The summed E-state index contributed by atoms with van der Waals surface area (Å²) in [5.74, 6) is 0.266. The van der Waals surface area contributed by atoms with Gasteiger partial charge in [0, 0.05) is 38.3 Å². The molecule has 0 N–H and O–H groups in total. The van der Waals surface area contributed by atoms with Gasteiger partial charge in [-0.3, -0.25) is 4.98 Å². The molecule has 2 fully saturated rings. The van der Waals surface area contributed by atoms with Crippen LogP contribution in [0.15, 0.2) is 53.2 Å². The molecule has 2 unspecified atom stereocenters. The number of ether oxygens (including phenoxy) is 1. The van der Waals surface area contributed by atoms with E-state index in [0.29, 0.717) is 63.2 Å². The highest BCUT2D eigenvalue weighted by Gasteiger charge is 2.37. The highest BCUT2D eigenvalue weighted by atomic mass is 19.4. The minimum Gasteiger partial charge on any atom is -0.378 e. The van der Waals surface area contributed by atoms with E-state index in [1.165, 1.54) is 12.1 Å². The van der Waals surface area contributed by atoms with E-state index in [4.69, 9.17) is 9.26 Å². The third-order valence-corrected chi connectivity index (χ3v) is 6.40. The molecule has 8 nitrogen and oxygen atoms in total. The number of halogens is 3. The fraction of sp³-hybridized carbons (Fsp3) is 0.417. The summed E-state index contributed by atoms with van der Waals surface area (Å²) in [6, 6.07) is 10.4. The summed E-state index contributed by atoms with van der Waals surface area (Å²) in [6.07, 6.45) is -2.21. The van der Waals surface area contributed by atoms with Crippen molar-refractivity contribution in [3.8, 4) is 11.5 Å². The van der Waals surface area contributed by atoms with Crippen LogP contribution >= 0.6 is 0 Å². The summed E-state index contributed by atoms with van der Waals surface area (Å²) in [6.45, 7) is 2.70. The van der Waals surface area contributed by atoms with Crippen molar-refractivity contribution in [3.05, 3.63) is 65.7 Å². The van der Waals surface area contributed by atoms with E-state index in [9.17, 15) is 18.0 Å². The summed E-state index contributed by atoms with van der Waals surface area (Å²) < 4.78 is 50.1. The summed E-state index contributed by atoms with van der Waals surface area (Å²) in [5.41, 5.74) is 0.595. The van der Waals surface area contributed by atoms with Crippen molar-refractivity contribution < 1.29 is 27.2 Å². The van der Waals surface area contributed by atoms with Gasteiger partial charge < -0.3 is 19.1 Å². The van der Waals surface area contributed by atoms with Gasteiger partial charge in [-0.05, 0) is 36.2 Å². The van der Waals surface area contributed by atoms with Crippen molar-refractivity contribution in [3.63, 3.8) is 0 Å². The van der Waals surface area contributed by atoms with Crippen molar-refractivity contribution in [1.82, 2.24) is 24.9 Å². The predicted molar refractivity (Wildman–Crippen MR) is 118 cm³/mol. The largest absolute Gasteiger partial charge is 0.416 e. The molecular weight excluding hydrogens is 463 g/mol. The number of carbonyl (C=O) groups is 1. The average molecular weight is 487 g/mol. The number of nitrogens with zero attached hydrogens (tertiary/aromatic N) is 5. The molecule has 184 valence electrons. The van der Waals surface area contributed by atoms with E-state index in [2.05, 4.69) is 15.1 Å². The van der Waals surface area contributed by atoms with Gasteiger partial charge in [-0.25, -0.2) is 4.79 Å². The SMILES string of the molecule is O=C(N1CCOCC1)N1CC(c2ccc(C(F)(F)F)cc2)CC(c2nc(-c3ccccn3)no2)C1. The molecule has 11 heteroatoms. The van der Waals surface area contributed by atoms with Gasteiger partial charge in [0.1, 0.15) is 5.69 Å². The fourth-order valence-electron chi connectivity index (χ4n) is 4.57. The molecule has 3 aromatic rings. The number of urea groups is 1. The number of likely N-dealkylation sites (tertiary alicyclic amines) is 1. The zero-order chi connectivity index (χ0) is 24.4. The molecule has 0 radical (unpaired) electrons. The number of pyridine rings is 1. The minimum atomic E-state index is -4.41. The van der Waals surface area contributed by atoms with Gasteiger partial charge in [0.25, 0.3) is 0 Å². The summed E-state index contributed by atoms with van der Waals surface area (Å²) >= 11 is 0. The number of carbonyl (C=O) groups excluding carboxylic acids is 1. The van der Waals surface area contributed by atoms with Crippen LogP contribution in [-0.4, -0.2) is 70.3 Å². The second kappa shape index (κ2) is 9.65. The summed E-state index contributed by atoms with van der Waals surface area (Å²) in [5, 5.41) is 4.05. The first-order valence-corrected chi connectivity index (χ1v) is 11.4. The Hall–Kier alpha value is -3.47. The topological polar surface area (TPSA) is 84.6 Å². The first kappa shape index (κ1) is 23.3. The summed E-state index contributed by atoms with van der Waals surface area (Å²) in [7, 11) is 0. The highest BCUT2D eigenvalue weighted by molar-refractivity contribution is 5.75. The monoisotopic (exact) mass is 487 g/mol. The number of piperidine rings is 1. The van der Waals surface area contributed by atoms with Crippen LogP contribution in [0.2, 0.25) is 0 Å². The van der Waals surface area contributed by atoms with E-state index < -0.39 is 11.7 Å². The number of hydrogen-bond acceptors (Lipinski definition) is 6. The van der Waals surface area contributed by atoms with Crippen molar-refractivity contribution >= 4 is 6.03 Å². The lowest BCUT2D eigenvalue weighted by Gasteiger charge is -2.40. The molecule has 2 aliphatic heterocycles. The molecule has 1 aromatic carbocycles. The first-order valence-electron chi connectivity index (χ1n) is 11.4. The third kappa shape index (κ3) is 5.14. The Bertz CT molecular complexity index is 1150. The van der Waals surface area contributed by atoms with Gasteiger partial charge in [-0.15, -0.1) is 0 Å². The van der Waals surface area contributed by atoms with Gasteiger partial charge in [-0.1, -0.05) is 23.4 Å². The van der Waals surface area contributed by atoms with E-state index >= 15 is 0 Å². The van der Waals surface area contributed by atoms with Crippen molar-refractivity contribution in [1.29, 1.82) is 0 Å². The van der Waals surface area contributed by atoms with Crippen LogP contribution < -0.4 is 0 Å². The van der Waals surface area contributed by atoms with Crippen LogP contribution in [0.1, 0.15) is 35.3 Å². The van der Waals surface area contributed by atoms with E-state index in [1.54, 1.807) is 28.1 Å². The van der Waals surface area contributed by atoms with Gasteiger partial charge in [-0.2, -0.15) is 18.2 Å². The van der Waals surface area contributed by atoms with Crippen molar-refractivity contribution in [2.45, 2.75) is 24.4 Å². The minimum absolute atomic E-state index is 0.126. The lowest BCUT2D eigenvalue weighted by Crippen LogP contribution is -2.52. The summed E-state index contributed by atoms with van der Waals surface area (Å²) in [4.78, 5) is 25.5. The number of rotatable bonds is 3. The Balaban J connectivity index is 1.41. The standard InChI is InChI=1S/C24H24F3N5O3/c25-24(26,27)19-6-4-16(5-7-19)17-13-18(15-32(14-17)23(33)31-9-11-34-12-10-31)22-29-21(30-35-22)20-3-1-2-8-28-20/h1-8,17-18H,9-15H2. The number of hydrogen-bond donors (Lipinski definition) is 0. The van der Waals surface area contributed by atoms with Gasteiger partial charge in [0.05, 0.1) is 24.7 Å². The molecule has 5 rings (SSSR count). The smallest absolute Gasteiger partial charge is 0.378 e. The normalized spacial score (nSPS) is 21.2. The molecule has 35 heavy (non-hydrogen) atoms. The van der Waals surface area contributed by atoms with Crippen molar-refractivity contribution in [2.24, 2.45) is 0 Å². The Morgan fingerprint density at radius 2 is 1.71 bits per heavy atom. The zero-order valence-corrected chi connectivity index (χ0v) is 18.8. The van der Waals surface area contributed by atoms with Crippen LogP contribution in [0.25, 0.3) is 11.5 Å². The Morgan fingerprint density at radius 1 is 0.971 bits per heavy atom. The van der Waals surface area contributed by atoms with Crippen LogP contribution in [0, 0.1) is 0 Å². The van der Waals surface area contributed by atoms with Gasteiger partial charge in [0.2, 0.25) is 11.7 Å². The lowest BCUT2D eigenvalue weighted by molar-refractivity contribution is -0.137. The lowest BCUT2D eigenvalue weighted by atomic mass is 9.84. The Kier molecular flexibility index (Phi) is 6.42. The molecule has 0 spiro atoms. The molecule has 0 bridgehead atoms. The molecule has 2 saturated heterocycles. The number of morpholine rings is 1. The molecule has 4 heterocycles. The first-order chi connectivity index (χ1) is 16.9. The number of alkyl halides is 3. The zero-order valence-electron chi connectivity index (χ0n) is 18.8. The van der Waals surface area contributed by atoms with Crippen LogP contribution in [0.5, 0.6) is 0 Å². The predicted octanol–water partition coefficient (Wildman–Crippen LogP) is 4.18. The van der Waals surface area contributed by atoms with E-state index in [-0.39, 0.29) is 17.9 Å². The fourth-order valence-corrected chi connectivity index (χ4v) is 4.57. The van der Waals surface area contributed by atoms with E-state index in [1.807, 2.05) is 6.07 Å².